The van der Waals surface area contributed by atoms with Crippen LogP contribution in [0.4, 0.5) is 0 Å². The van der Waals surface area contributed by atoms with Crippen LogP contribution >= 0.6 is 0 Å². The zero-order chi connectivity index (χ0) is 10.8. The second-order valence-electron chi connectivity index (χ2n) is 4.68. The molecule has 84 valence electrons. The van der Waals surface area contributed by atoms with Crippen molar-refractivity contribution in [1.82, 2.24) is 4.31 Å². The van der Waals surface area contributed by atoms with Crippen molar-refractivity contribution in [2.75, 3.05) is 25.4 Å². The molecule has 1 aliphatic rings. The van der Waals surface area contributed by atoms with Crippen molar-refractivity contribution in [3.05, 3.63) is 0 Å². The predicted octanol–water partition coefficient (Wildman–Crippen LogP) is 0.431. The first-order valence-corrected chi connectivity index (χ1v) is 6.57. The Bertz CT molecular complexity index is 284. The molecule has 14 heavy (non-hydrogen) atoms. The van der Waals surface area contributed by atoms with Gasteiger partial charge in [-0.05, 0) is 12.8 Å². The van der Waals surface area contributed by atoms with Gasteiger partial charge in [0, 0.05) is 25.1 Å². The first-order valence-electron chi connectivity index (χ1n) is 4.96. The van der Waals surface area contributed by atoms with Gasteiger partial charge in [0.05, 0.1) is 5.75 Å². The second-order valence-corrected chi connectivity index (χ2v) is 6.77. The van der Waals surface area contributed by atoms with Gasteiger partial charge in [-0.1, -0.05) is 13.8 Å². The Morgan fingerprint density at radius 3 is 2.50 bits per heavy atom. The molecule has 0 aromatic heterocycles. The largest absolute Gasteiger partial charge is 0.396 e. The number of sulfonamides is 1. The number of rotatable bonds is 3. The van der Waals surface area contributed by atoms with Crippen LogP contribution in [0.15, 0.2) is 0 Å². The summed E-state index contributed by atoms with van der Waals surface area (Å²) < 4.78 is 24.7. The summed E-state index contributed by atoms with van der Waals surface area (Å²) in [5, 5.41) is 9.07. The molecule has 1 aliphatic heterocycles. The molecule has 0 saturated carbocycles. The molecular weight excluding hydrogens is 202 g/mol. The van der Waals surface area contributed by atoms with Crippen LogP contribution in [0.25, 0.3) is 0 Å². The van der Waals surface area contributed by atoms with E-state index >= 15 is 0 Å². The lowest BCUT2D eigenvalue weighted by molar-refractivity contribution is 0.132. The smallest absolute Gasteiger partial charge is 0.214 e. The molecule has 5 heteroatoms. The van der Waals surface area contributed by atoms with Gasteiger partial charge < -0.3 is 5.11 Å². The normalized spacial score (nSPS) is 23.6. The fourth-order valence-corrected chi connectivity index (χ4v) is 3.33. The van der Waals surface area contributed by atoms with E-state index in [0.29, 0.717) is 13.1 Å². The Morgan fingerprint density at radius 2 is 2.00 bits per heavy atom. The molecule has 0 aromatic carbocycles. The summed E-state index contributed by atoms with van der Waals surface area (Å²) in [5.41, 5.74) is -0.343. The summed E-state index contributed by atoms with van der Waals surface area (Å²) in [6, 6.07) is 0. The van der Waals surface area contributed by atoms with Crippen LogP contribution in [0.3, 0.4) is 0 Å². The number of nitrogens with zero attached hydrogens (tertiary/aromatic N) is 1. The highest BCUT2D eigenvalue weighted by Gasteiger charge is 2.30. The quantitative estimate of drug-likeness (QED) is 0.752. The minimum atomic E-state index is -3.04. The van der Waals surface area contributed by atoms with E-state index in [4.69, 9.17) is 5.11 Å². The molecule has 0 unspecified atom stereocenters. The third kappa shape index (κ3) is 2.93. The minimum absolute atomic E-state index is 0.0129. The molecule has 0 aromatic rings. The third-order valence-electron chi connectivity index (χ3n) is 2.49. The lowest BCUT2D eigenvalue weighted by Crippen LogP contribution is -2.44. The summed E-state index contributed by atoms with van der Waals surface area (Å²) in [5.74, 6) is 0.258. The van der Waals surface area contributed by atoms with Crippen LogP contribution < -0.4 is 0 Å². The molecule has 0 aliphatic carbocycles. The maximum atomic E-state index is 11.6. The zero-order valence-electron chi connectivity index (χ0n) is 8.86. The Kier molecular flexibility index (Phi) is 3.55. The van der Waals surface area contributed by atoms with Crippen LogP contribution in [0.5, 0.6) is 0 Å². The maximum absolute atomic E-state index is 11.6. The van der Waals surface area contributed by atoms with Gasteiger partial charge in [-0.2, -0.15) is 0 Å². The van der Waals surface area contributed by atoms with E-state index in [1.54, 1.807) is 0 Å². The number of hydrogen-bond acceptors (Lipinski definition) is 3. The molecule has 1 N–H and O–H groups in total. The van der Waals surface area contributed by atoms with Crippen LogP contribution in [-0.4, -0.2) is 43.3 Å². The molecule has 1 rings (SSSR count). The first kappa shape index (κ1) is 11.9. The van der Waals surface area contributed by atoms with Gasteiger partial charge in [-0.15, -0.1) is 0 Å². The van der Waals surface area contributed by atoms with Gasteiger partial charge in [-0.3, -0.25) is 0 Å². The van der Waals surface area contributed by atoms with Gasteiger partial charge >= 0.3 is 0 Å². The van der Waals surface area contributed by atoms with Crippen molar-refractivity contribution in [2.45, 2.75) is 26.7 Å². The van der Waals surface area contributed by atoms with E-state index in [0.717, 1.165) is 12.8 Å². The topological polar surface area (TPSA) is 57.6 Å². The highest BCUT2D eigenvalue weighted by atomic mass is 32.2. The van der Waals surface area contributed by atoms with E-state index < -0.39 is 10.0 Å². The predicted molar refractivity (Wildman–Crippen MR) is 55.5 cm³/mol. The molecule has 1 heterocycles. The number of aliphatic hydroxyl groups excluding tert-OH is 1. The average Bonchev–Trinajstić information content (AvgIpc) is 2.09. The second kappa shape index (κ2) is 4.16. The molecule has 0 amide bonds. The number of hydrogen-bond donors (Lipinski definition) is 1. The molecule has 1 saturated heterocycles. The van der Waals surface area contributed by atoms with E-state index in [-0.39, 0.29) is 17.8 Å². The summed E-state index contributed by atoms with van der Waals surface area (Å²) in [4.78, 5) is 0. The van der Waals surface area contributed by atoms with Crippen LogP contribution in [-0.2, 0) is 10.0 Å². The fourth-order valence-electron chi connectivity index (χ4n) is 1.55. The maximum Gasteiger partial charge on any atom is 0.214 e. The SMILES string of the molecule is CC(C)(CO)CN1CCCCS1(=O)=O. The molecule has 4 nitrogen and oxygen atoms in total. The third-order valence-corrected chi connectivity index (χ3v) is 4.39. The highest BCUT2D eigenvalue weighted by molar-refractivity contribution is 7.89. The lowest BCUT2D eigenvalue weighted by atomic mass is 9.95. The monoisotopic (exact) mass is 221 g/mol. The zero-order valence-corrected chi connectivity index (χ0v) is 9.68. The van der Waals surface area contributed by atoms with Crippen molar-refractivity contribution in [3.8, 4) is 0 Å². The summed E-state index contributed by atoms with van der Waals surface area (Å²) in [6.45, 7) is 4.78. The van der Waals surface area contributed by atoms with Gasteiger partial charge in [0.15, 0.2) is 0 Å². The Hall–Kier alpha value is -0.130. The minimum Gasteiger partial charge on any atom is -0.396 e. The van der Waals surface area contributed by atoms with Crippen molar-refractivity contribution in [2.24, 2.45) is 5.41 Å². The van der Waals surface area contributed by atoms with Gasteiger partial charge in [0.2, 0.25) is 10.0 Å². The van der Waals surface area contributed by atoms with Crippen molar-refractivity contribution >= 4 is 10.0 Å². The Morgan fingerprint density at radius 1 is 1.36 bits per heavy atom. The molecule has 0 atom stereocenters. The molecular formula is C9H19NO3S. The molecule has 0 spiro atoms. The summed E-state index contributed by atoms with van der Waals surface area (Å²) in [7, 11) is -3.04. The van der Waals surface area contributed by atoms with E-state index in [9.17, 15) is 8.42 Å². The Balaban J connectivity index is 2.68. The van der Waals surface area contributed by atoms with Gasteiger partial charge in [0.1, 0.15) is 0 Å². The summed E-state index contributed by atoms with van der Waals surface area (Å²) in [6.07, 6.45) is 1.69. The average molecular weight is 221 g/mol. The number of aliphatic hydroxyl groups is 1. The van der Waals surface area contributed by atoms with Crippen molar-refractivity contribution < 1.29 is 13.5 Å². The van der Waals surface area contributed by atoms with Gasteiger partial charge in [-0.25, -0.2) is 12.7 Å². The highest BCUT2D eigenvalue weighted by Crippen LogP contribution is 2.21. The molecule has 1 fully saturated rings. The molecule has 0 bridgehead atoms. The van der Waals surface area contributed by atoms with Crippen LogP contribution in [0.1, 0.15) is 26.7 Å². The van der Waals surface area contributed by atoms with Crippen LogP contribution in [0, 0.1) is 5.41 Å². The van der Waals surface area contributed by atoms with Crippen molar-refractivity contribution in [3.63, 3.8) is 0 Å². The first-order chi connectivity index (χ1) is 6.37. The Labute approximate surface area is 86.0 Å². The molecule has 0 radical (unpaired) electrons. The van der Waals surface area contributed by atoms with Gasteiger partial charge in [0.25, 0.3) is 0 Å². The van der Waals surface area contributed by atoms with E-state index in [1.807, 2.05) is 13.8 Å². The van der Waals surface area contributed by atoms with Crippen molar-refractivity contribution in [1.29, 1.82) is 0 Å². The standard InChI is InChI=1S/C9H19NO3S/c1-9(2,8-11)7-10-5-3-4-6-14(10,12)13/h11H,3-8H2,1-2H3. The van der Waals surface area contributed by atoms with E-state index in [1.165, 1.54) is 4.31 Å². The lowest BCUT2D eigenvalue weighted by Gasteiger charge is -2.32. The van der Waals surface area contributed by atoms with E-state index in [2.05, 4.69) is 0 Å². The fraction of sp³-hybridized carbons (Fsp3) is 1.00. The van der Waals surface area contributed by atoms with Crippen LogP contribution in [0.2, 0.25) is 0 Å². The summed E-state index contributed by atoms with van der Waals surface area (Å²) >= 11 is 0.